The second-order valence-electron chi connectivity index (χ2n) is 2.22. The Kier molecular flexibility index (Phi) is 2.49. The van der Waals surface area contributed by atoms with Crippen LogP contribution in [0.1, 0.15) is 12.8 Å². The van der Waals surface area contributed by atoms with Crippen LogP contribution in [0.5, 0.6) is 0 Å². The Morgan fingerprint density at radius 3 is 2.78 bits per heavy atom. The SMILES string of the molecule is O=C(Cl)[C@H]1CCCOC1. The average Bonchev–Trinajstić information content (AvgIpc) is 1.90. The van der Waals surface area contributed by atoms with E-state index in [9.17, 15) is 4.79 Å². The van der Waals surface area contributed by atoms with E-state index in [2.05, 4.69) is 0 Å². The number of halogens is 1. The minimum absolute atomic E-state index is 0.0413. The lowest BCUT2D eigenvalue weighted by Gasteiger charge is -2.17. The molecule has 1 heterocycles. The Hall–Kier alpha value is -0.0800. The van der Waals surface area contributed by atoms with Crippen molar-refractivity contribution in [2.45, 2.75) is 12.8 Å². The van der Waals surface area contributed by atoms with Crippen molar-refractivity contribution < 1.29 is 9.53 Å². The molecule has 1 aliphatic rings. The van der Waals surface area contributed by atoms with Crippen molar-refractivity contribution in [1.29, 1.82) is 0 Å². The highest BCUT2D eigenvalue weighted by molar-refractivity contribution is 6.64. The highest BCUT2D eigenvalue weighted by Crippen LogP contribution is 2.15. The molecule has 0 bridgehead atoms. The van der Waals surface area contributed by atoms with Crippen LogP contribution in [-0.4, -0.2) is 18.5 Å². The first-order valence-electron chi connectivity index (χ1n) is 3.08. The van der Waals surface area contributed by atoms with Crippen molar-refractivity contribution >= 4 is 16.8 Å². The fourth-order valence-corrected chi connectivity index (χ4v) is 1.09. The Morgan fingerprint density at radius 1 is 1.67 bits per heavy atom. The fraction of sp³-hybridized carbons (Fsp3) is 0.833. The molecular formula is C6H9ClO2. The molecule has 9 heavy (non-hydrogen) atoms. The van der Waals surface area contributed by atoms with Crippen LogP contribution in [0.3, 0.4) is 0 Å². The molecule has 1 rings (SSSR count). The van der Waals surface area contributed by atoms with Crippen LogP contribution in [0.4, 0.5) is 0 Å². The molecule has 1 aliphatic heterocycles. The number of hydrogen-bond donors (Lipinski definition) is 0. The van der Waals surface area contributed by atoms with Gasteiger partial charge in [-0.2, -0.15) is 0 Å². The van der Waals surface area contributed by atoms with E-state index in [-0.39, 0.29) is 11.2 Å². The van der Waals surface area contributed by atoms with Crippen LogP contribution < -0.4 is 0 Å². The smallest absolute Gasteiger partial charge is 0.227 e. The molecule has 0 aromatic carbocycles. The van der Waals surface area contributed by atoms with Gasteiger partial charge in [-0.05, 0) is 24.4 Å². The standard InChI is InChI=1S/C6H9ClO2/c7-6(8)5-2-1-3-9-4-5/h5H,1-4H2/t5-/m0/s1. The quantitative estimate of drug-likeness (QED) is 0.522. The van der Waals surface area contributed by atoms with E-state index in [1.54, 1.807) is 0 Å². The number of carbonyl (C=O) groups is 1. The molecule has 1 fully saturated rings. The maximum absolute atomic E-state index is 10.5. The number of hydrogen-bond acceptors (Lipinski definition) is 2. The van der Waals surface area contributed by atoms with Gasteiger partial charge in [0.15, 0.2) is 0 Å². The van der Waals surface area contributed by atoms with Crippen molar-refractivity contribution in [2.24, 2.45) is 5.92 Å². The van der Waals surface area contributed by atoms with Gasteiger partial charge in [0.05, 0.1) is 12.5 Å². The van der Waals surface area contributed by atoms with Crippen molar-refractivity contribution in [3.05, 3.63) is 0 Å². The van der Waals surface area contributed by atoms with E-state index in [0.29, 0.717) is 6.61 Å². The van der Waals surface area contributed by atoms with Crippen molar-refractivity contribution in [3.63, 3.8) is 0 Å². The monoisotopic (exact) mass is 148 g/mol. The fourth-order valence-electron chi connectivity index (χ4n) is 0.920. The molecule has 2 nitrogen and oxygen atoms in total. The highest BCUT2D eigenvalue weighted by Gasteiger charge is 2.19. The molecular weight excluding hydrogens is 140 g/mol. The second kappa shape index (κ2) is 3.18. The van der Waals surface area contributed by atoms with Gasteiger partial charge in [0.25, 0.3) is 0 Å². The minimum Gasteiger partial charge on any atom is -0.381 e. The predicted molar refractivity (Wildman–Crippen MR) is 34.4 cm³/mol. The van der Waals surface area contributed by atoms with Gasteiger partial charge in [-0.1, -0.05) is 0 Å². The molecule has 1 atom stereocenters. The van der Waals surface area contributed by atoms with Crippen molar-refractivity contribution in [3.8, 4) is 0 Å². The lowest BCUT2D eigenvalue weighted by atomic mass is 10.0. The first kappa shape index (κ1) is 7.03. The summed E-state index contributed by atoms with van der Waals surface area (Å²) < 4.78 is 5.04. The summed E-state index contributed by atoms with van der Waals surface area (Å²) in [7, 11) is 0. The van der Waals surface area contributed by atoms with Gasteiger partial charge >= 0.3 is 0 Å². The summed E-state index contributed by atoms with van der Waals surface area (Å²) in [4.78, 5) is 10.5. The highest BCUT2D eigenvalue weighted by atomic mass is 35.5. The summed E-state index contributed by atoms with van der Waals surface area (Å²) >= 11 is 5.24. The normalized spacial score (nSPS) is 27.9. The van der Waals surface area contributed by atoms with E-state index < -0.39 is 0 Å². The molecule has 0 aromatic rings. The molecule has 0 radical (unpaired) electrons. The third-order valence-corrected chi connectivity index (χ3v) is 1.79. The topological polar surface area (TPSA) is 26.3 Å². The Bertz CT molecular complexity index is 108. The van der Waals surface area contributed by atoms with Gasteiger partial charge in [0.1, 0.15) is 0 Å². The summed E-state index contributed by atoms with van der Waals surface area (Å²) in [5.74, 6) is -0.0413. The lowest BCUT2D eigenvalue weighted by Crippen LogP contribution is -2.21. The first-order chi connectivity index (χ1) is 4.30. The third kappa shape index (κ3) is 1.95. The zero-order chi connectivity index (χ0) is 6.69. The predicted octanol–water partition coefficient (Wildman–Crippen LogP) is 1.18. The van der Waals surface area contributed by atoms with Crippen LogP contribution in [0.15, 0.2) is 0 Å². The van der Waals surface area contributed by atoms with Crippen molar-refractivity contribution in [1.82, 2.24) is 0 Å². The largest absolute Gasteiger partial charge is 0.381 e. The first-order valence-corrected chi connectivity index (χ1v) is 3.45. The number of rotatable bonds is 1. The maximum Gasteiger partial charge on any atom is 0.227 e. The zero-order valence-electron chi connectivity index (χ0n) is 5.10. The number of carbonyl (C=O) groups excluding carboxylic acids is 1. The van der Waals surface area contributed by atoms with Gasteiger partial charge in [-0.15, -0.1) is 0 Å². The lowest BCUT2D eigenvalue weighted by molar-refractivity contribution is -0.118. The van der Waals surface area contributed by atoms with Crippen LogP contribution in [0, 0.1) is 5.92 Å². The van der Waals surface area contributed by atoms with E-state index in [1.165, 1.54) is 0 Å². The molecule has 3 heteroatoms. The van der Waals surface area contributed by atoms with E-state index in [0.717, 1.165) is 19.4 Å². The third-order valence-electron chi connectivity index (χ3n) is 1.48. The Labute approximate surface area is 59.1 Å². The molecule has 0 unspecified atom stereocenters. The Morgan fingerprint density at radius 2 is 2.44 bits per heavy atom. The van der Waals surface area contributed by atoms with E-state index in [1.807, 2.05) is 0 Å². The molecule has 0 spiro atoms. The van der Waals surface area contributed by atoms with Gasteiger partial charge in [-0.3, -0.25) is 4.79 Å². The van der Waals surface area contributed by atoms with Gasteiger partial charge in [-0.25, -0.2) is 0 Å². The van der Waals surface area contributed by atoms with Crippen LogP contribution in [0.25, 0.3) is 0 Å². The minimum atomic E-state index is -0.255. The van der Waals surface area contributed by atoms with E-state index >= 15 is 0 Å². The molecule has 0 N–H and O–H groups in total. The molecule has 1 saturated heterocycles. The van der Waals surface area contributed by atoms with Gasteiger partial charge in [0.2, 0.25) is 5.24 Å². The summed E-state index contributed by atoms with van der Waals surface area (Å²) in [6.45, 7) is 1.29. The van der Waals surface area contributed by atoms with E-state index in [4.69, 9.17) is 16.3 Å². The van der Waals surface area contributed by atoms with Crippen LogP contribution in [-0.2, 0) is 9.53 Å². The molecule has 0 saturated carbocycles. The van der Waals surface area contributed by atoms with Crippen molar-refractivity contribution in [2.75, 3.05) is 13.2 Å². The van der Waals surface area contributed by atoms with Crippen LogP contribution in [0.2, 0.25) is 0 Å². The second-order valence-corrected chi connectivity index (χ2v) is 2.59. The average molecular weight is 149 g/mol. The Balaban J connectivity index is 2.31. The number of ether oxygens (including phenoxy) is 1. The summed E-state index contributed by atoms with van der Waals surface area (Å²) in [6, 6.07) is 0. The summed E-state index contributed by atoms with van der Waals surface area (Å²) in [5.41, 5.74) is 0. The zero-order valence-corrected chi connectivity index (χ0v) is 5.86. The molecule has 0 aliphatic carbocycles. The summed E-state index contributed by atoms with van der Waals surface area (Å²) in [6.07, 6.45) is 1.85. The molecule has 0 amide bonds. The van der Waals surface area contributed by atoms with Gasteiger partial charge in [0, 0.05) is 6.61 Å². The molecule has 0 aromatic heterocycles. The maximum atomic E-state index is 10.5. The van der Waals surface area contributed by atoms with Crippen LogP contribution >= 0.6 is 11.6 Å². The summed E-state index contributed by atoms with van der Waals surface area (Å²) in [5, 5.41) is -0.255. The molecule has 52 valence electrons. The van der Waals surface area contributed by atoms with Gasteiger partial charge < -0.3 is 4.74 Å².